The Kier molecular flexibility index (Phi) is 4.58. The summed E-state index contributed by atoms with van der Waals surface area (Å²) in [6.07, 6.45) is 10.8. The van der Waals surface area contributed by atoms with Crippen LogP contribution in [0, 0.1) is 29.1 Å². The Balaban J connectivity index is 1.32. The Morgan fingerprint density at radius 2 is 1.68 bits per heavy atom. The van der Waals surface area contributed by atoms with E-state index in [2.05, 4.69) is 42.6 Å². The van der Waals surface area contributed by atoms with Crippen LogP contribution >= 0.6 is 0 Å². The summed E-state index contributed by atoms with van der Waals surface area (Å²) in [5.74, 6) is 2.41. The number of amides is 1. The van der Waals surface area contributed by atoms with Gasteiger partial charge >= 0.3 is 0 Å². The number of nitrogens with one attached hydrogen (secondary N) is 1. The summed E-state index contributed by atoms with van der Waals surface area (Å²) < 4.78 is 0. The third-order valence-corrected chi connectivity index (χ3v) is 8.81. The first-order valence-electron chi connectivity index (χ1n) is 11.6. The molecule has 5 aliphatic rings. The lowest BCUT2D eigenvalue weighted by Crippen LogP contribution is -2.60. The van der Waals surface area contributed by atoms with Crippen molar-refractivity contribution in [2.45, 2.75) is 76.2 Å². The van der Waals surface area contributed by atoms with E-state index < -0.39 is 0 Å². The number of carbonyl (C=O) groups excluding carboxylic acids is 1. The second kappa shape index (κ2) is 6.86. The zero-order chi connectivity index (χ0) is 19.4. The van der Waals surface area contributed by atoms with Crippen LogP contribution in [0.4, 0.5) is 0 Å². The molecule has 3 nitrogen and oxygen atoms in total. The minimum atomic E-state index is 0.248. The molecule has 28 heavy (non-hydrogen) atoms. The Morgan fingerprint density at radius 3 is 2.29 bits per heavy atom. The van der Waals surface area contributed by atoms with Crippen LogP contribution < -0.4 is 11.1 Å². The number of benzene rings is 1. The molecule has 3 N–H and O–H groups in total. The van der Waals surface area contributed by atoms with Crippen LogP contribution in [-0.4, -0.2) is 18.5 Å². The smallest absolute Gasteiger partial charge is 0.223 e. The highest BCUT2D eigenvalue weighted by molar-refractivity contribution is 5.80. The molecule has 4 bridgehead atoms. The molecule has 1 aromatic carbocycles. The molecule has 152 valence electrons. The molecule has 5 aliphatic carbocycles. The third-order valence-electron chi connectivity index (χ3n) is 8.81. The van der Waals surface area contributed by atoms with Gasteiger partial charge < -0.3 is 11.1 Å². The lowest BCUT2D eigenvalue weighted by Gasteiger charge is -2.64. The normalized spacial score (nSPS) is 44.4. The van der Waals surface area contributed by atoms with E-state index in [4.69, 9.17) is 5.73 Å². The molecule has 2 unspecified atom stereocenters. The van der Waals surface area contributed by atoms with Crippen molar-refractivity contribution in [1.82, 2.24) is 5.32 Å². The van der Waals surface area contributed by atoms with Gasteiger partial charge in [-0.15, -0.1) is 0 Å². The Morgan fingerprint density at radius 1 is 1.04 bits per heavy atom. The van der Waals surface area contributed by atoms with Gasteiger partial charge in [-0.05, 0) is 98.5 Å². The minimum absolute atomic E-state index is 0.248. The molecule has 6 rings (SSSR count). The lowest BCUT2D eigenvalue weighted by atomic mass is 9.40. The Bertz CT molecular complexity index is 705. The van der Waals surface area contributed by atoms with Gasteiger partial charge in [0.2, 0.25) is 5.91 Å². The molecule has 0 aliphatic heterocycles. The van der Waals surface area contributed by atoms with Gasteiger partial charge in [0, 0.05) is 12.0 Å². The van der Waals surface area contributed by atoms with Crippen LogP contribution in [0.25, 0.3) is 0 Å². The highest BCUT2D eigenvalue weighted by Crippen LogP contribution is 2.67. The average Bonchev–Trinajstić information content (AvgIpc) is 2.67. The zero-order valence-electron chi connectivity index (χ0n) is 17.3. The molecular formula is C25H36N2O. The van der Waals surface area contributed by atoms with Crippen molar-refractivity contribution in [3.8, 4) is 0 Å². The van der Waals surface area contributed by atoms with E-state index in [0.29, 0.717) is 40.5 Å². The summed E-state index contributed by atoms with van der Waals surface area (Å²) in [5, 5.41) is 3.48. The van der Waals surface area contributed by atoms with Crippen molar-refractivity contribution >= 4 is 5.91 Å². The number of nitrogens with two attached hydrogens (primary N) is 1. The van der Waals surface area contributed by atoms with Crippen molar-refractivity contribution in [3.05, 3.63) is 35.9 Å². The van der Waals surface area contributed by atoms with E-state index in [9.17, 15) is 4.79 Å². The van der Waals surface area contributed by atoms with E-state index in [1.54, 1.807) is 0 Å². The van der Waals surface area contributed by atoms with Crippen LogP contribution in [0.2, 0.25) is 0 Å². The molecule has 1 aromatic rings. The molecular weight excluding hydrogens is 344 g/mol. The molecule has 5 saturated carbocycles. The minimum Gasteiger partial charge on any atom is -0.353 e. The first kappa shape index (κ1) is 18.7. The number of hydrogen-bond donors (Lipinski definition) is 2. The third kappa shape index (κ3) is 3.10. The first-order valence-corrected chi connectivity index (χ1v) is 11.6. The SMILES string of the molecule is CC12CC3CC(c4ccccc4)(CC(C1)C3C(=O)N[C@H]1CC[C@H](CN)CC1)C2. The zero-order valence-corrected chi connectivity index (χ0v) is 17.3. The second-order valence-electron chi connectivity index (χ2n) is 11.0. The van der Waals surface area contributed by atoms with E-state index in [1.165, 1.54) is 50.5 Å². The van der Waals surface area contributed by atoms with Gasteiger partial charge in [0.05, 0.1) is 0 Å². The summed E-state index contributed by atoms with van der Waals surface area (Å²) in [5.41, 5.74) is 8.10. The van der Waals surface area contributed by atoms with Crippen molar-refractivity contribution in [1.29, 1.82) is 0 Å². The summed E-state index contributed by atoms with van der Waals surface area (Å²) in [4.78, 5) is 13.4. The first-order chi connectivity index (χ1) is 13.5. The monoisotopic (exact) mass is 380 g/mol. The molecule has 5 fully saturated rings. The van der Waals surface area contributed by atoms with Gasteiger partial charge in [-0.3, -0.25) is 4.79 Å². The molecule has 3 heteroatoms. The highest BCUT2D eigenvalue weighted by atomic mass is 16.2. The van der Waals surface area contributed by atoms with Gasteiger partial charge in [-0.2, -0.15) is 0 Å². The Labute approximate surface area is 169 Å². The van der Waals surface area contributed by atoms with E-state index >= 15 is 0 Å². The standard InChI is InChI=1S/C25H36N2O/c1-24-11-18-13-25(16-24,20-5-3-2-4-6-20)14-19(12-24)22(18)23(28)27-21-9-7-17(15-26)8-10-21/h2-6,17-19,21-22H,7-16,26H2,1H3,(H,27,28)/t17-,18?,19?,21-,22?,24?,25?. The predicted octanol–water partition coefficient (Wildman–Crippen LogP) is 4.40. The van der Waals surface area contributed by atoms with Crippen LogP contribution in [0.3, 0.4) is 0 Å². The van der Waals surface area contributed by atoms with Crippen LogP contribution in [0.15, 0.2) is 30.3 Å². The van der Waals surface area contributed by atoms with Crippen LogP contribution in [0.5, 0.6) is 0 Å². The molecule has 0 aromatic heterocycles. The fourth-order valence-electron chi connectivity index (χ4n) is 7.98. The fraction of sp³-hybridized carbons (Fsp3) is 0.720. The van der Waals surface area contributed by atoms with Crippen molar-refractivity contribution < 1.29 is 4.79 Å². The summed E-state index contributed by atoms with van der Waals surface area (Å²) in [6.45, 7) is 3.29. The van der Waals surface area contributed by atoms with Crippen molar-refractivity contribution in [3.63, 3.8) is 0 Å². The Hall–Kier alpha value is -1.35. The highest BCUT2D eigenvalue weighted by Gasteiger charge is 2.61. The fourth-order valence-corrected chi connectivity index (χ4v) is 7.98. The number of hydrogen-bond acceptors (Lipinski definition) is 2. The maximum atomic E-state index is 13.4. The van der Waals surface area contributed by atoms with Gasteiger partial charge in [0.15, 0.2) is 0 Å². The summed E-state index contributed by atoms with van der Waals surface area (Å²) in [6, 6.07) is 11.6. The van der Waals surface area contributed by atoms with Crippen molar-refractivity contribution in [2.75, 3.05) is 6.54 Å². The lowest BCUT2D eigenvalue weighted by molar-refractivity contribution is -0.149. The van der Waals surface area contributed by atoms with Gasteiger partial charge in [-0.1, -0.05) is 37.3 Å². The van der Waals surface area contributed by atoms with E-state index in [1.807, 2.05) is 0 Å². The molecule has 0 spiro atoms. The summed E-state index contributed by atoms with van der Waals surface area (Å²) in [7, 11) is 0. The summed E-state index contributed by atoms with van der Waals surface area (Å²) >= 11 is 0. The van der Waals surface area contributed by atoms with Crippen LogP contribution in [-0.2, 0) is 10.2 Å². The number of carbonyl (C=O) groups is 1. The average molecular weight is 381 g/mol. The maximum absolute atomic E-state index is 13.4. The van der Waals surface area contributed by atoms with Crippen molar-refractivity contribution in [2.24, 2.45) is 34.8 Å². The van der Waals surface area contributed by atoms with Gasteiger partial charge in [0.25, 0.3) is 0 Å². The largest absolute Gasteiger partial charge is 0.353 e. The molecule has 2 atom stereocenters. The molecule has 0 heterocycles. The number of rotatable bonds is 4. The topological polar surface area (TPSA) is 55.1 Å². The van der Waals surface area contributed by atoms with Gasteiger partial charge in [0.1, 0.15) is 0 Å². The van der Waals surface area contributed by atoms with Gasteiger partial charge in [-0.25, -0.2) is 0 Å². The molecule has 0 radical (unpaired) electrons. The maximum Gasteiger partial charge on any atom is 0.223 e. The van der Waals surface area contributed by atoms with E-state index in [0.717, 1.165) is 19.4 Å². The molecule has 0 saturated heterocycles. The molecule has 1 amide bonds. The predicted molar refractivity (Wildman–Crippen MR) is 113 cm³/mol. The van der Waals surface area contributed by atoms with Crippen LogP contribution in [0.1, 0.15) is 70.3 Å². The van der Waals surface area contributed by atoms with E-state index in [-0.39, 0.29) is 5.92 Å². The quantitative estimate of drug-likeness (QED) is 0.813. The second-order valence-corrected chi connectivity index (χ2v) is 11.0.